The molecule has 1 aliphatic heterocycles. The molecule has 3 N–H and O–H groups in total. The molecule has 5 heteroatoms. The highest BCUT2D eigenvalue weighted by atomic mass is 19.1. The number of piperidine rings is 1. The molecule has 0 bridgehead atoms. The van der Waals surface area contributed by atoms with E-state index in [4.69, 9.17) is 5.73 Å². The van der Waals surface area contributed by atoms with E-state index in [1.54, 1.807) is 6.07 Å². The molecule has 104 valence electrons. The summed E-state index contributed by atoms with van der Waals surface area (Å²) in [5.41, 5.74) is 6.77. The molecule has 1 aromatic carbocycles. The van der Waals surface area contributed by atoms with E-state index in [2.05, 4.69) is 10.2 Å². The van der Waals surface area contributed by atoms with Crippen LogP contribution in [-0.2, 0) is 4.79 Å². The van der Waals surface area contributed by atoms with Crippen LogP contribution < -0.4 is 16.0 Å². The smallest absolute Gasteiger partial charge is 0.216 e. The molecule has 0 saturated carbocycles. The zero-order valence-corrected chi connectivity index (χ0v) is 11.2. The Morgan fingerprint density at radius 3 is 2.79 bits per heavy atom. The van der Waals surface area contributed by atoms with Crippen molar-refractivity contribution in [2.24, 2.45) is 5.92 Å². The Bertz CT molecular complexity index is 456. The molecule has 0 aliphatic carbocycles. The number of carbonyl (C=O) groups excluding carboxylic acids is 1. The van der Waals surface area contributed by atoms with Gasteiger partial charge in [-0.15, -0.1) is 0 Å². The van der Waals surface area contributed by atoms with E-state index in [0.29, 0.717) is 5.92 Å². The van der Waals surface area contributed by atoms with E-state index in [0.717, 1.165) is 38.2 Å². The molecule has 1 aromatic rings. The van der Waals surface area contributed by atoms with Gasteiger partial charge in [-0.3, -0.25) is 4.79 Å². The van der Waals surface area contributed by atoms with Crippen molar-refractivity contribution in [1.29, 1.82) is 0 Å². The monoisotopic (exact) mass is 265 g/mol. The quantitative estimate of drug-likeness (QED) is 0.819. The molecule has 2 rings (SSSR count). The minimum atomic E-state index is -0.363. The first kappa shape index (κ1) is 13.6. The van der Waals surface area contributed by atoms with Gasteiger partial charge in [0, 0.05) is 26.6 Å². The lowest BCUT2D eigenvalue weighted by atomic mass is 9.96. The lowest BCUT2D eigenvalue weighted by Gasteiger charge is -2.34. The number of nitrogens with two attached hydrogens (primary N) is 1. The minimum Gasteiger partial charge on any atom is -0.395 e. The zero-order chi connectivity index (χ0) is 13.8. The molecule has 0 aromatic heterocycles. The summed E-state index contributed by atoms with van der Waals surface area (Å²) >= 11 is 0. The van der Waals surface area contributed by atoms with Crippen LogP contribution >= 0.6 is 0 Å². The Hall–Kier alpha value is -1.78. The van der Waals surface area contributed by atoms with E-state index >= 15 is 0 Å². The fourth-order valence-corrected chi connectivity index (χ4v) is 2.47. The summed E-state index contributed by atoms with van der Waals surface area (Å²) in [7, 11) is 0. The van der Waals surface area contributed by atoms with Crippen LogP contribution in [0.15, 0.2) is 18.2 Å². The number of nitrogens with one attached hydrogen (secondary N) is 1. The predicted octanol–water partition coefficient (Wildman–Crippen LogP) is 1.76. The molecular formula is C14H20FN3O. The van der Waals surface area contributed by atoms with Crippen LogP contribution in [0.1, 0.15) is 19.8 Å². The Morgan fingerprint density at radius 2 is 2.16 bits per heavy atom. The van der Waals surface area contributed by atoms with E-state index < -0.39 is 0 Å². The van der Waals surface area contributed by atoms with Gasteiger partial charge in [0.25, 0.3) is 0 Å². The molecule has 0 radical (unpaired) electrons. The van der Waals surface area contributed by atoms with Crippen LogP contribution in [-0.4, -0.2) is 25.5 Å². The van der Waals surface area contributed by atoms with Crippen molar-refractivity contribution < 1.29 is 9.18 Å². The second-order valence-electron chi connectivity index (χ2n) is 5.04. The summed E-state index contributed by atoms with van der Waals surface area (Å²) in [4.78, 5) is 13.0. The summed E-state index contributed by atoms with van der Waals surface area (Å²) in [6.45, 7) is 3.94. The molecule has 0 spiro atoms. The van der Waals surface area contributed by atoms with E-state index in [1.807, 2.05) is 6.07 Å². The highest BCUT2D eigenvalue weighted by molar-refractivity contribution is 5.72. The number of nitrogens with zero attached hydrogens (tertiary/aromatic N) is 1. The fourth-order valence-electron chi connectivity index (χ4n) is 2.47. The first-order valence-corrected chi connectivity index (χ1v) is 6.61. The fraction of sp³-hybridized carbons (Fsp3) is 0.500. The average molecular weight is 265 g/mol. The van der Waals surface area contributed by atoms with Crippen LogP contribution in [0.3, 0.4) is 0 Å². The number of nitrogen functional groups attached to an aromatic ring is 1. The van der Waals surface area contributed by atoms with Crippen molar-refractivity contribution in [2.45, 2.75) is 19.8 Å². The Morgan fingerprint density at radius 1 is 1.47 bits per heavy atom. The number of hydrogen-bond acceptors (Lipinski definition) is 3. The number of halogens is 1. The number of amides is 1. The molecule has 1 aliphatic rings. The van der Waals surface area contributed by atoms with Crippen LogP contribution in [0.2, 0.25) is 0 Å². The predicted molar refractivity (Wildman–Crippen MR) is 74.4 cm³/mol. The second-order valence-corrected chi connectivity index (χ2v) is 5.04. The van der Waals surface area contributed by atoms with Gasteiger partial charge in [0.05, 0.1) is 11.4 Å². The SMILES string of the molecule is CC(=O)NCC1CCN(c2cccc(F)c2N)CC1. The van der Waals surface area contributed by atoms with Gasteiger partial charge in [-0.2, -0.15) is 0 Å². The summed E-state index contributed by atoms with van der Waals surface area (Å²) in [5, 5.41) is 2.85. The van der Waals surface area contributed by atoms with Gasteiger partial charge in [-0.25, -0.2) is 4.39 Å². The number of anilines is 2. The van der Waals surface area contributed by atoms with E-state index in [9.17, 15) is 9.18 Å². The lowest BCUT2D eigenvalue weighted by Crippen LogP contribution is -2.38. The van der Waals surface area contributed by atoms with Gasteiger partial charge in [0.15, 0.2) is 0 Å². The van der Waals surface area contributed by atoms with Crippen LogP contribution in [0.25, 0.3) is 0 Å². The maximum absolute atomic E-state index is 13.4. The molecule has 1 heterocycles. The van der Waals surface area contributed by atoms with Crippen LogP contribution in [0.5, 0.6) is 0 Å². The highest BCUT2D eigenvalue weighted by Gasteiger charge is 2.21. The zero-order valence-electron chi connectivity index (χ0n) is 11.2. The van der Waals surface area contributed by atoms with Gasteiger partial charge < -0.3 is 16.0 Å². The summed E-state index contributed by atoms with van der Waals surface area (Å²) in [6.07, 6.45) is 1.96. The number of carbonyl (C=O) groups is 1. The first-order chi connectivity index (χ1) is 9.08. The van der Waals surface area contributed by atoms with Crippen molar-refractivity contribution in [3.05, 3.63) is 24.0 Å². The van der Waals surface area contributed by atoms with Crippen molar-refractivity contribution in [3.8, 4) is 0 Å². The van der Waals surface area contributed by atoms with E-state index in [1.165, 1.54) is 13.0 Å². The molecule has 19 heavy (non-hydrogen) atoms. The average Bonchev–Trinajstić information content (AvgIpc) is 2.40. The normalized spacial score (nSPS) is 16.4. The first-order valence-electron chi connectivity index (χ1n) is 6.61. The second kappa shape index (κ2) is 5.91. The summed E-state index contributed by atoms with van der Waals surface area (Å²) in [5.74, 6) is 0.143. The molecule has 1 fully saturated rings. The van der Waals surface area contributed by atoms with Gasteiger partial charge >= 0.3 is 0 Å². The number of rotatable bonds is 3. The highest BCUT2D eigenvalue weighted by Crippen LogP contribution is 2.29. The maximum Gasteiger partial charge on any atom is 0.216 e. The third-order valence-corrected chi connectivity index (χ3v) is 3.62. The minimum absolute atomic E-state index is 0.0109. The molecule has 1 amide bonds. The van der Waals surface area contributed by atoms with Gasteiger partial charge in [-0.1, -0.05) is 6.07 Å². The third kappa shape index (κ3) is 3.36. The largest absolute Gasteiger partial charge is 0.395 e. The van der Waals surface area contributed by atoms with Crippen molar-refractivity contribution >= 4 is 17.3 Å². The van der Waals surface area contributed by atoms with Gasteiger partial charge in [0.2, 0.25) is 5.91 Å². The number of benzene rings is 1. The summed E-state index contributed by atoms with van der Waals surface area (Å²) in [6, 6.07) is 4.92. The Labute approximate surface area is 112 Å². The molecule has 1 saturated heterocycles. The molecule has 0 atom stereocenters. The maximum atomic E-state index is 13.4. The van der Waals surface area contributed by atoms with Gasteiger partial charge in [-0.05, 0) is 30.9 Å². The topological polar surface area (TPSA) is 58.4 Å². The lowest BCUT2D eigenvalue weighted by molar-refractivity contribution is -0.119. The van der Waals surface area contributed by atoms with E-state index in [-0.39, 0.29) is 17.4 Å². The Balaban J connectivity index is 1.92. The van der Waals surface area contributed by atoms with Crippen LogP contribution in [0.4, 0.5) is 15.8 Å². The number of hydrogen-bond donors (Lipinski definition) is 2. The van der Waals surface area contributed by atoms with Crippen molar-refractivity contribution in [2.75, 3.05) is 30.3 Å². The molecular weight excluding hydrogens is 245 g/mol. The van der Waals surface area contributed by atoms with Crippen LogP contribution in [0, 0.1) is 11.7 Å². The van der Waals surface area contributed by atoms with Gasteiger partial charge in [0.1, 0.15) is 5.82 Å². The van der Waals surface area contributed by atoms with Crippen molar-refractivity contribution in [1.82, 2.24) is 5.32 Å². The van der Waals surface area contributed by atoms with Crippen molar-refractivity contribution in [3.63, 3.8) is 0 Å². The summed E-state index contributed by atoms with van der Waals surface area (Å²) < 4.78 is 13.4. The standard InChI is InChI=1S/C14H20FN3O/c1-10(19)17-9-11-5-7-18(8-6-11)13-4-2-3-12(15)14(13)16/h2-4,11H,5-9,16H2,1H3,(H,17,19). The molecule has 4 nitrogen and oxygen atoms in total. The molecule has 0 unspecified atom stereocenters. The third-order valence-electron chi connectivity index (χ3n) is 3.62. The number of para-hydroxylation sites is 1. The Kier molecular flexibility index (Phi) is 4.24.